The molecular formula is C19H20N4O3. The molecule has 0 saturated carbocycles. The second-order valence-electron chi connectivity index (χ2n) is 6.14. The van der Waals surface area contributed by atoms with E-state index in [1.165, 1.54) is 0 Å². The van der Waals surface area contributed by atoms with Crippen LogP contribution in [0.2, 0.25) is 0 Å². The summed E-state index contributed by atoms with van der Waals surface area (Å²) in [6.07, 6.45) is 0. The number of aromatic nitrogens is 3. The summed E-state index contributed by atoms with van der Waals surface area (Å²) in [6.45, 7) is 3.58. The van der Waals surface area contributed by atoms with Crippen molar-refractivity contribution in [3.05, 3.63) is 63.9 Å². The van der Waals surface area contributed by atoms with Gasteiger partial charge in [-0.3, -0.25) is 9.59 Å². The van der Waals surface area contributed by atoms with E-state index >= 15 is 0 Å². The lowest BCUT2D eigenvalue weighted by molar-refractivity contribution is -0.122. The highest BCUT2D eigenvalue weighted by Crippen LogP contribution is 2.17. The Labute approximate surface area is 150 Å². The molecule has 1 amide bonds. The molecule has 1 N–H and O–H groups in total. The van der Waals surface area contributed by atoms with Crippen LogP contribution in [0.1, 0.15) is 24.1 Å². The zero-order valence-corrected chi connectivity index (χ0v) is 14.9. The van der Waals surface area contributed by atoms with Gasteiger partial charge in [-0.15, -0.1) is 5.10 Å². The molecule has 2 aromatic carbocycles. The summed E-state index contributed by atoms with van der Waals surface area (Å²) in [6, 6.07) is 12.6. The molecule has 0 aliphatic carbocycles. The minimum atomic E-state index is -0.328. The van der Waals surface area contributed by atoms with Crippen LogP contribution in [0.3, 0.4) is 0 Å². The first kappa shape index (κ1) is 17.6. The van der Waals surface area contributed by atoms with Gasteiger partial charge in [0.2, 0.25) is 5.91 Å². The molecule has 0 saturated heterocycles. The molecule has 0 bridgehead atoms. The normalized spacial score (nSPS) is 12.0. The Kier molecular flexibility index (Phi) is 4.97. The number of amides is 1. The van der Waals surface area contributed by atoms with E-state index in [1.807, 2.05) is 44.2 Å². The number of rotatable bonds is 5. The number of carbonyl (C=O) groups is 1. The third-order valence-electron chi connectivity index (χ3n) is 4.16. The molecular weight excluding hydrogens is 332 g/mol. The maximum atomic E-state index is 12.5. The lowest BCUT2D eigenvalue weighted by Gasteiger charge is -2.15. The van der Waals surface area contributed by atoms with Gasteiger partial charge in [-0.05, 0) is 43.7 Å². The Balaban J connectivity index is 1.74. The summed E-state index contributed by atoms with van der Waals surface area (Å²) in [5.41, 5.74) is 2.08. The fourth-order valence-corrected chi connectivity index (χ4v) is 2.69. The highest BCUT2D eigenvalue weighted by molar-refractivity contribution is 5.79. The number of carbonyl (C=O) groups excluding carboxylic acids is 1. The number of aryl methyl sites for hydroxylation is 1. The second kappa shape index (κ2) is 7.35. The van der Waals surface area contributed by atoms with E-state index in [4.69, 9.17) is 4.74 Å². The van der Waals surface area contributed by atoms with Gasteiger partial charge in [0.25, 0.3) is 5.56 Å². The van der Waals surface area contributed by atoms with Crippen LogP contribution in [-0.2, 0) is 11.3 Å². The van der Waals surface area contributed by atoms with Crippen LogP contribution in [0.4, 0.5) is 0 Å². The summed E-state index contributed by atoms with van der Waals surface area (Å²) in [4.78, 5) is 24.8. The van der Waals surface area contributed by atoms with Crippen molar-refractivity contribution in [1.29, 1.82) is 0 Å². The lowest BCUT2D eigenvalue weighted by atomic mass is 10.1. The zero-order chi connectivity index (χ0) is 18.7. The number of nitrogens with one attached hydrogen (secondary N) is 1. The Morgan fingerprint density at radius 1 is 1.23 bits per heavy atom. The first-order chi connectivity index (χ1) is 12.5. The van der Waals surface area contributed by atoms with Gasteiger partial charge < -0.3 is 10.1 Å². The number of fused-ring (bicyclic) bond motifs is 1. The maximum absolute atomic E-state index is 12.5. The van der Waals surface area contributed by atoms with Crippen molar-refractivity contribution in [3.63, 3.8) is 0 Å². The van der Waals surface area contributed by atoms with E-state index in [-0.39, 0.29) is 24.1 Å². The van der Waals surface area contributed by atoms with Gasteiger partial charge in [0.15, 0.2) is 0 Å². The molecule has 0 aliphatic rings. The number of hydrogen-bond acceptors (Lipinski definition) is 5. The molecule has 1 heterocycles. The molecule has 0 spiro atoms. The summed E-state index contributed by atoms with van der Waals surface area (Å²) in [5.74, 6) is 0.442. The molecule has 3 rings (SSSR count). The van der Waals surface area contributed by atoms with E-state index in [0.29, 0.717) is 10.9 Å². The largest absolute Gasteiger partial charge is 0.497 e. The van der Waals surface area contributed by atoms with Crippen LogP contribution in [0.15, 0.2) is 47.3 Å². The molecule has 7 nitrogen and oxygen atoms in total. The fraction of sp³-hybridized carbons (Fsp3) is 0.263. The standard InChI is InChI=1S/C19H20N4O3/c1-12-4-9-17-16(10-12)19(25)23(22-21-17)11-18(24)20-13(2)14-5-7-15(26-3)8-6-14/h4-10,13H,11H2,1-3H3,(H,20,24). The Bertz CT molecular complexity index is 996. The molecule has 7 heteroatoms. The Hall–Kier alpha value is -3.22. The lowest BCUT2D eigenvalue weighted by Crippen LogP contribution is -2.35. The van der Waals surface area contributed by atoms with Gasteiger partial charge in [-0.2, -0.15) is 0 Å². The third kappa shape index (κ3) is 3.72. The summed E-state index contributed by atoms with van der Waals surface area (Å²) in [7, 11) is 1.60. The van der Waals surface area contributed by atoms with Crippen LogP contribution in [0.5, 0.6) is 5.75 Å². The minimum absolute atomic E-state index is 0.184. The number of ether oxygens (including phenoxy) is 1. The highest BCUT2D eigenvalue weighted by atomic mass is 16.5. The van der Waals surface area contributed by atoms with Crippen LogP contribution >= 0.6 is 0 Å². The monoisotopic (exact) mass is 352 g/mol. The first-order valence-electron chi connectivity index (χ1n) is 8.25. The average Bonchev–Trinajstić information content (AvgIpc) is 2.64. The molecule has 1 aromatic heterocycles. The van der Waals surface area contributed by atoms with Crippen LogP contribution in [0, 0.1) is 6.92 Å². The summed E-state index contributed by atoms with van der Waals surface area (Å²) in [5, 5.41) is 11.2. The predicted molar refractivity (Wildman–Crippen MR) is 98.1 cm³/mol. The van der Waals surface area contributed by atoms with Crippen molar-refractivity contribution in [2.75, 3.05) is 7.11 Å². The molecule has 134 valence electrons. The number of hydrogen-bond donors (Lipinski definition) is 1. The fourth-order valence-electron chi connectivity index (χ4n) is 2.69. The van der Waals surface area contributed by atoms with E-state index < -0.39 is 0 Å². The maximum Gasteiger partial charge on any atom is 0.278 e. The summed E-state index contributed by atoms with van der Waals surface area (Å²) >= 11 is 0. The van der Waals surface area contributed by atoms with Gasteiger partial charge in [0.1, 0.15) is 17.8 Å². The molecule has 1 unspecified atom stereocenters. The van der Waals surface area contributed by atoms with Crippen LogP contribution in [-0.4, -0.2) is 28.0 Å². The van der Waals surface area contributed by atoms with E-state index in [9.17, 15) is 9.59 Å². The molecule has 1 atom stereocenters. The van der Waals surface area contributed by atoms with E-state index in [2.05, 4.69) is 15.6 Å². The van der Waals surface area contributed by atoms with Gasteiger partial charge in [-0.1, -0.05) is 29.0 Å². The number of nitrogens with zero attached hydrogens (tertiary/aromatic N) is 3. The van der Waals surface area contributed by atoms with Gasteiger partial charge in [0.05, 0.1) is 18.5 Å². The molecule has 26 heavy (non-hydrogen) atoms. The first-order valence-corrected chi connectivity index (χ1v) is 8.25. The third-order valence-corrected chi connectivity index (χ3v) is 4.16. The van der Waals surface area contributed by atoms with Crippen molar-refractivity contribution >= 4 is 16.8 Å². The van der Waals surface area contributed by atoms with Gasteiger partial charge in [0, 0.05) is 0 Å². The highest BCUT2D eigenvalue weighted by Gasteiger charge is 2.13. The zero-order valence-electron chi connectivity index (χ0n) is 14.9. The van der Waals surface area contributed by atoms with E-state index in [0.717, 1.165) is 21.6 Å². The Morgan fingerprint density at radius 2 is 1.96 bits per heavy atom. The van der Waals surface area contributed by atoms with Crippen LogP contribution < -0.4 is 15.6 Å². The van der Waals surface area contributed by atoms with Crippen molar-refractivity contribution in [2.45, 2.75) is 26.4 Å². The molecule has 3 aromatic rings. The van der Waals surface area contributed by atoms with Crippen molar-refractivity contribution < 1.29 is 9.53 Å². The minimum Gasteiger partial charge on any atom is -0.497 e. The van der Waals surface area contributed by atoms with E-state index in [1.54, 1.807) is 19.2 Å². The topological polar surface area (TPSA) is 86.1 Å². The SMILES string of the molecule is COc1ccc(C(C)NC(=O)Cn2nnc3ccc(C)cc3c2=O)cc1. The number of benzene rings is 2. The van der Waals surface area contributed by atoms with Gasteiger partial charge >= 0.3 is 0 Å². The Morgan fingerprint density at radius 3 is 2.65 bits per heavy atom. The van der Waals surface area contributed by atoms with Crippen LogP contribution in [0.25, 0.3) is 10.9 Å². The summed E-state index contributed by atoms with van der Waals surface area (Å²) < 4.78 is 6.21. The number of methoxy groups -OCH3 is 1. The molecule has 0 fully saturated rings. The average molecular weight is 352 g/mol. The van der Waals surface area contributed by atoms with Crippen molar-refractivity contribution in [1.82, 2.24) is 20.3 Å². The molecule has 0 radical (unpaired) electrons. The van der Waals surface area contributed by atoms with Gasteiger partial charge in [-0.25, -0.2) is 4.68 Å². The molecule has 0 aliphatic heterocycles. The van der Waals surface area contributed by atoms with Crippen molar-refractivity contribution in [3.8, 4) is 5.75 Å². The smallest absolute Gasteiger partial charge is 0.278 e. The second-order valence-corrected chi connectivity index (χ2v) is 6.14. The predicted octanol–water partition coefficient (Wildman–Crippen LogP) is 1.99. The quantitative estimate of drug-likeness (QED) is 0.759. The van der Waals surface area contributed by atoms with Crippen molar-refractivity contribution in [2.24, 2.45) is 0 Å².